The van der Waals surface area contributed by atoms with Crippen LogP contribution in [0.25, 0.3) is 12.2 Å². The summed E-state index contributed by atoms with van der Waals surface area (Å²) in [7, 11) is 3.20. The first-order valence-corrected chi connectivity index (χ1v) is 6.93. The van der Waals surface area contributed by atoms with Gasteiger partial charge >= 0.3 is 0 Å². The Hall–Kier alpha value is -2.30. The third-order valence-corrected chi connectivity index (χ3v) is 2.92. The van der Waals surface area contributed by atoms with Crippen molar-refractivity contribution in [3.8, 4) is 11.5 Å². The lowest BCUT2D eigenvalue weighted by Crippen LogP contribution is -1.98. The number of benzene rings is 2. The molecule has 0 aliphatic rings. The molecule has 22 heavy (non-hydrogen) atoms. The number of rotatable bonds is 8. The minimum atomic E-state index is 0.257. The Morgan fingerprint density at radius 2 is 1.00 bits per heavy atom. The normalized spacial score (nSPS) is 10.8. The van der Waals surface area contributed by atoms with Crippen LogP contribution in [0, 0.1) is 0 Å². The van der Waals surface area contributed by atoms with Crippen molar-refractivity contribution in [1.29, 1.82) is 0 Å². The smallest absolute Gasteiger partial charge is 0.188 e. The molecule has 0 saturated carbocycles. The van der Waals surface area contributed by atoms with E-state index in [1.807, 2.05) is 60.7 Å². The quantitative estimate of drug-likeness (QED) is 0.548. The maximum atomic E-state index is 5.35. The van der Waals surface area contributed by atoms with Gasteiger partial charge in [0.1, 0.15) is 11.5 Å². The van der Waals surface area contributed by atoms with Gasteiger partial charge in [0.15, 0.2) is 13.6 Å². The lowest BCUT2D eigenvalue weighted by molar-refractivity contribution is 0.0509. The van der Waals surface area contributed by atoms with Gasteiger partial charge in [0.2, 0.25) is 0 Å². The third kappa shape index (κ3) is 5.24. The second-order valence-corrected chi connectivity index (χ2v) is 4.57. The van der Waals surface area contributed by atoms with Gasteiger partial charge in [0, 0.05) is 14.2 Å². The average molecular weight is 300 g/mol. The van der Waals surface area contributed by atoms with E-state index in [1.54, 1.807) is 14.2 Å². The molecule has 0 N–H and O–H groups in total. The van der Waals surface area contributed by atoms with Gasteiger partial charge in [-0.2, -0.15) is 0 Å². The van der Waals surface area contributed by atoms with Crippen LogP contribution >= 0.6 is 0 Å². The highest BCUT2D eigenvalue weighted by atomic mass is 16.7. The van der Waals surface area contributed by atoms with Crippen molar-refractivity contribution in [1.82, 2.24) is 0 Å². The number of ether oxygens (including phenoxy) is 4. The van der Waals surface area contributed by atoms with Crippen LogP contribution in [0.2, 0.25) is 0 Å². The zero-order valence-corrected chi connectivity index (χ0v) is 12.8. The average Bonchev–Trinajstić information content (AvgIpc) is 2.58. The van der Waals surface area contributed by atoms with E-state index in [0.29, 0.717) is 0 Å². The second kappa shape index (κ2) is 8.87. The van der Waals surface area contributed by atoms with Gasteiger partial charge in [0.05, 0.1) is 0 Å². The van der Waals surface area contributed by atoms with Gasteiger partial charge in [-0.25, -0.2) is 0 Å². The Kier molecular flexibility index (Phi) is 6.48. The molecule has 0 atom stereocenters. The van der Waals surface area contributed by atoms with Crippen LogP contribution in [0.1, 0.15) is 11.1 Å². The van der Waals surface area contributed by atoms with Gasteiger partial charge in [-0.1, -0.05) is 36.4 Å². The number of methoxy groups -OCH3 is 2. The van der Waals surface area contributed by atoms with Crippen LogP contribution < -0.4 is 9.47 Å². The first-order valence-electron chi connectivity index (χ1n) is 6.93. The highest BCUT2D eigenvalue weighted by Gasteiger charge is 1.94. The summed E-state index contributed by atoms with van der Waals surface area (Å²) in [5.41, 5.74) is 2.20. The Morgan fingerprint density at radius 3 is 1.32 bits per heavy atom. The van der Waals surface area contributed by atoms with E-state index in [-0.39, 0.29) is 13.6 Å². The molecule has 0 aliphatic heterocycles. The lowest BCUT2D eigenvalue weighted by atomic mass is 10.1. The predicted octanol–water partition coefficient (Wildman–Crippen LogP) is 3.82. The van der Waals surface area contributed by atoms with Crippen molar-refractivity contribution >= 4 is 12.2 Å². The molecular weight excluding hydrogens is 280 g/mol. The van der Waals surface area contributed by atoms with Crippen LogP contribution in [0.15, 0.2) is 48.5 Å². The fourth-order valence-corrected chi connectivity index (χ4v) is 1.80. The van der Waals surface area contributed by atoms with Crippen LogP contribution in [0.4, 0.5) is 0 Å². The van der Waals surface area contributed by atoms with E-state index in [2.05, 4.69) is 0 Å². The molecule has 0 unspecified atom stereocenters. The van der Waals surface area contributed by atoms with Gasteiger partial charge in [0.25, 0.3) is 0 Å². The van der Waals surface area contributed by atoms with E-state index < -0.39 is 0 Å². The van der Waals surface area contributed by atoms with Crippen LogP contribution in [0.3, 0.4) is 0 Å². The summed E-state index contributed by atoms with van der Waals surface area (Å²) < 4.78 is 20.4. The summed E-state index contributed by atoms with van der Waals surface area (Å²) >= 11 is 0. The standard InChI is InChI=1S/C18H20O4/c1-19-13-21-17-9-5-15(6-10-17)3-4-16-7-11-18(12-8-16)22-14-20-2/h3-12H,13-14H2,1-2H3/b4-3+. The highest BCUT2D eigenvalue weighted by molar-refractivity contribution is 5.70. The molecule has 0 aliphatic carbocycles. The van der Waals surface area contributed by atoms with E-state index >= 15 is 0 Å². The van der Waals surface area contributed by atoms with Crippen LogP contribution in [-0.2, 0) is 9.47 Å². The van der Waals surface area contributed by atoms with Gasteiger partial charge in [-0.15, -0.1) is 0 Å². The van der Waals surface area contributed by atoms with E-state index in [9.17, 15) is 0 Å². The molecule has 0 amide bonds. The van der Waals surface area contributed by atoms with Crippen molar-refractivity contribution in [3.05, 3.63) is 59.7 Å². The van der Waals surface area contributed by atoms with Crippen molar-refractivity contribution in [2.45, 2.75) is 0 Å². The van der Waals surface area contributed by atoms with Crippen molar-refractivity contribution < 1.29 is 18.9 Å². The number of hydrogen-bond acceptors (Lipinski definition) is 4. The highest BCUT2D eigenvalue weighted by Crippen LogP contribution is 2.16. The first-order chi connectivity index (χ1) is 10.8. The van der Waals surface area contributed by atoms with E-state index in [4.69, 9.17) is 18.9 Å². The third-order valence-electron chi connectivity index (χ3n) is 2.92. The van der Waals surface area contributed by atoms with Crippen LogP contribution in [-0.4, -0.2) is 27.8 Å². The molecule has 2 aromatic carbocycles. The summed E-state index contributed by atoms with van der Waals surface area (Å²) in [6, 6.07) is 15.7. The first kappa shape index (κ1) is 16.1. The monoisotopic (exact) mass is 300 g/mol. The fraction of sp³-hybridized carbons (Fsp3) is 0.222. The Bertz CT molecular complexity index is 520. The molecule has 0 radical (unpaired) electrons. The molecule has 4 nitrogen and oxygen atoms in total. The van der Waals surface area contributed by atoms with Gasteiger partial charge in [-0.05, 0) is 35.4 Å². The molecule has 0 fully saturated rings. The second-order valence-electron chi connectivity index (χ2n) is 4.57. The molecule has 0 aromatic heterocycles. The summed E-state index contributed by atoms with van der Waals surface area (Å²) in [5.74, 6) is 1.58. The maximum Gasteiger partial charge on any atom is 0.188 e. The predicted molar refractivity (Wildman–Crippen MR) is 86.8 cm³/mol. The van der Waals surface area contributed by atoms with E-state index in [1.165, 1.54) is 0 Å². The number of hydrogen-bond donors (Lipinski definition) is 0. The molecule has 0 saturated heterocycles. The minimum absolute atomic E-state index is 0.257. The molecule has 2 aromatic rings. The molecule has 4 heteroatoms. The summed E-state index contributed by atoms with van der Waals surface area (Å²) in [4.78, 5) is 0. The van der Waals surface area contributed by atoms with Crippen molar-refractivity contribution in [3.63, 3.8) is 0 Å². The van der Waals surface area contributed by atoms with Gasteiger partial charge in [-0.3, -0.25) is 0 Å². The molecule has 0 heterocycles. The SMILES string of the molecule is COCOc1ccc(/C=C/c2ccc(OCOC)cc2)cc1. The Labute approximate surface area is 130 Å². The van der Waals surface area contributed by atoms with E-state index in [0.717, 1.165) is 22.6 Å². The molecular formula is C18H20O4. The van der Waals surface area contributed by atoms with Crippen molar-refractivity contribution in [2.75, 3.05) is 27.8 Å². The fourth-order valence-electron chi connectivity index (χ4n) is 1.80. The summed E-state index contributed by atoms with van der Waals surface area (Å²) in [6.45, 7) is 0.513. The Morgan fingerprint density at radius 1 is 0.636 bits per heavy atom. The molecule has 2 rings (SSSR count). The molecule has 0 spiro atoms. The topological polar surface area (TPSA) is 36.9 Å². The lowest BCUT2D eigenvalue weighted by Gasteiger charge is -2.05. The van der Waals surface area contributed by atoms with Crippen LogP contribution in [0.5, 0.6) is 11.5 Å². The summed E-state index contributed by atoms with van der Waals surface area (Å²) in [6.07, 6.45) is 4.09. The Balaban J connectivity index is 1.93. The molecule has 0 bridgehead atoms. The van der Waals surface area contributed by atoms with Gasteiger partial charge < -0.3 is 18.9 Å². The zero-order chi connectivity index (χ0) is 15.6. The largest absolute Gasteiger partial charge is 0.468 e. The molecule has 116 valence electrons. The minimum Gasteiger partial charge on any atom is -0.468 e. The zero-order valence-electron chi connectivity index (χ0n) is 12.8. The van der Waals surface area contributed by atoms with Crippen molar-refractivity contribution in [2.24, 2.45) is 0 Å². The maximum absolute atomic E-state index is 5.35. The summed E-state index contributed by atoms with van der Waals surface area (Å²) in [5, 5.41) is 0.